The van der Waals surface area contributed by atoms with Crippen molar-refractivity contribution in [3.05, 3.63) is 23.5 Å². The minimum atomic E-state index is -0.939. The number of nitrogens with zero attached hydrogens (tertiary/aromatic N) is 1. The second kappa shape index (κ2) is 6.10. The molecule has 0 bridgehead atoms. The van der Waals surface area contributed by atoms with Crippen molar-refractivity contribution in [1.82, 2.24) is 4.98 Å². The Morgan fingerprint density at radius 2 is 2.25 bits per heavy atom. The minimum absolute atomic E-state index is 0.238. The Hall–Kier alpha value is -1.58. The molecule has 0 aromatic carbocycles. The topological polar surface area (TPSA) is 62.2 Å². The maximum atomic E-state index is 10.9. The van der Waals surface area contributed by atoms with Crippen LogP contribution in [0.5, 0.6) is 0 Å². The molecule has 0 atom stereocenters. The van der Waals surface area contributed by atoms with Gasteiger partial charge in [0.25, 0.3) is 0 Å². The van der Waals surface area contributed by atoms with Crippen LogP contribution in [-0.4, -0.2) is 22.6 Å². The summed E-state index contributed by atoms with van der Waals surface area (Å²) in [7, 11) is 0. The lowest BCUT2D eigenvalue weighted by molar-refractivity contribution is 0.0697. The van der Waals surface area contributed by atoms with Crippen LogP contribution in [0.2, 0.25) is 0 Å². The zero-order chi connectivity index (χ0) is 12.0. The van der Waals surface area contributed by atoms with E-state index in [0.717, 1.165) is 31.5 Å². The summed E-state index contributed by atoms with van der Waals surface area (Å²) in [5.74, 6) is -0.939. The van der Waals surface area contributed by atoms with Crippen LogP contribution in [-0.2, 0) is 0 Å². The summed E-state index contributed by atoms with van der Waals surface area (Å²) in [6, 6.07) is 1.77. The molecular formula is C12H18N2O2. The maximum Gasteiger partial charge on any atom is 0.339 e. The lowest BCUT2D eigenvalue weighted by Gasteiger charge is -2.09. The summed E-state index contributed by atoms with van der Waals surface area (Å²) in [4.78, 5) is 14.9. The summed E-state index contributed by atoms with van der Waals surface area (Å²) in [6.07, 6.45) is 4.76. The molecule has 16 heavy (non-hydrogen) atoms. The zero-order valence-corrected chi connectivity index (χ0v) is 9.79. The summed E-state index contributed by atoms with van der Waals surface area (Å²) in [5.41, 5.74) is 1.72. The Kier molecular flexibility index (Phi) is 4.76. The highest BCUT2D eigenvalue weighted by Gasteiger charge is 2.09. The molecule has 1 heterocycles. The number of hydrogen-bond donors (Lipinski definition) is 2. The van der Waals surface area contributed by atoms with E-state index in [1.165, 1.54) is 6.20 Å². The van der Waals surface area contributed by atoms with E-state index in [0.29, 0.717) is 5.69 Å². The first-order valence-electron chi connectivity index (χ1n) is 5.59. The number of aromatic carboxylic acids is 1. The quantitative estimate of drug-likeness (QED) is 0.726. The summed E-state index contributed by atoms with van der Waals surface area (Å²) < 4.78 is 0. The van der Waals surface area contributed by atoms with Gasteiger partial charge in [0.15, 0.2) is 0 Å². The molecule has 0 saturated carbocycles. The Bertz CT molecular complexity index is 364. The van der Waals surface area contributed by atoms with Crippen molar-refractivity contribution in [1.29, 1.82) is 0 Å². The van der Waals surface area contributed by atoms with Crippen molar-refractivity contribution in [2.45, 2.75) is 33.1 Å². The SMILES string of the molecule is CCCCCNc1cc(C)ncc1C(=O)O. The number of hydrogen-bond acceptors (Lipinski definition) is 3. The average Bonchev–Trinajstić information content (AvgIpc) is 2.24. The van der Waals surface area contributed by atoms with Crippen LogP contribution >= 0.6 is 0 Å². The molecule has 1 rings (SSSR count). The van der Waals surface area contributed by atoms with Crippen LogP contribution in [0.15, 0.2) is 12.3 Å². The number of aryl methyl sites for hydroxylation is 1. The van der Waals surface area contributed by atoms with Crippen molar-refractivity contribution in [2.75, 3.05) is 11.9 Å². The van der Waals surface area contributed by atoms with E-state index in [4.69, 9.17) is 5.11 Å². The summed E-state index contributed by atoms with van der Waals surface area (Å²) in [6.45, 7) is 4.79. The van der Waals surface area contributed by atoms with Gasteiger partial charge in [-0.3, -0.25) is 4.98 Å². The molecule has 0 amide bonds. The molecule has 4 heteroatoms. The van der Waals surface area contributed by atoms with Crippen LogP contribution in [0, 0.1) is 6.92 Å². The van der Waals surface area contributed by atoms with Crippen molar-refractivity contribution < 1.29 is 9.90 Å². The molecule has 0 aliphatic rings. The van der Waals surface area contributed by atoms with Gasteiger partial charge in [0.1, 0.15) is 5.56 Å². The monoisotopic (exact) mass is 222 g/mol. The molecule has 0 spiro atoms. The van der Waals surface area contributed by atoms with Gasteiger partial charge in [0, 0.05) is 18.4 Å². The Labute approximate surface area is 95.7 Å². The normalized spacial score (nSPS) is 10.1. The number of pyridine rings is 1. The van der Waals surface area contributed by atoms with E-state index >= 15 is 0 Å². The molecule has 0 unspecified atom stereocenters. The number of carboxylic acids is 1. The molecule has 88 valence electrons. The number of carboxylic acid groups (broad SMARTS) is 1. The first-order valence-corrected chi connectivity index (χ1v) is 5.59. The molecule has 2 N–H and O–H groups in total. The second-order valence-electron chi connectivity index (χ2n) is 3.81. The maximum absolute atomic E-state index is 10.9. The molecule has 0 fully saturated rings. The number of aromatic nitrogens is 1. The third kappa shape index (κ3) is 3.53. The predicted octanol–water partition coefficient (Wildman–Crippen LogP) is 2.69. The second-order valence-corrected chi connectivity index (χ2v) is 3.81. The van der Waals surface area contributed by atoms with E-state index in [1.807, 2.05) is 6.92 Å². The largest absolute Gasteiger partial charge is 0.478 e. The average molecular weight is 222 g/mol. The van der Waals surface area contributed by atoms with E-state index < -0.39 is 5.97 Å². The van der Waals surface area contributed by atoms with Gasteiger partial charge in [-0.15, -0.1) is 0 Å². The first-order chi connectivity index (χ1) is 7.65. The highest BCUT2D eigenvalue weighted by Crippen LogP contribution is 2.15. The standard InChI is InChI=1S/C12H18N2O2/c1-3-4-5-6-13-11-7-9(2)14-8-10(11)12(15)16/h7-8H,3-6H2,1-2H3,(H,13,14)(H,15,16). The van der Waals surface area contributed by atoms with Gasteiger partial charge in [0.05, 0.1) is 5.69 Å². The number of carbonyl (C=O) groups is 1. The lowest BCUT2D eigenvalue weighted by atomic mass is 10.2. The predicted molar refractivity (Wildman–Crippen MR) is 63.9 cm³/mol. The minimum Gasteiger partial charge on any atom is -0.478 e. The zero-order valence-electron chi connectivity index (χ0n) is 9.79. The molecule has 0 saturated heterocycles. The molecular weight excluding hydrogens is 204 g/mol. The lowest BCUT2D eigenvalue weighted by Crippen LogP contribution is -2.08. The number of nitrogens with one attached hydrogen (secondary N) is 1. The fourth-order valence-electron chi connectivity index (χ4n) is 1.47. The number of rotatable bonds is 6. The fourth-order valence-corrected chi connectivity index (χ4v) is 1.47. The van der Waals surface area contributed by atoms with Gasteiger partial charge in [-0.1, -0.05) is 19.8 Å². The van der Waals surface area contributed by atoms with E-state index in [-0.39, 0.29) is 5.56 Å². The van der Waals surface area contributed by atoms with Crippen molar-refractivity contribution >= 4 is 11.7 Å². The van der Waals surface area contributed by atoms with E-state index in [9.17, 15) is 4.79 Å². The fraction of sp³-hybridized carbons (Fsp3) is 0.500. The Morgan fingerprint density at radius 3 is 2.88 bits per heavy atom. The summed E-state index contributed by atoms with van der Waals surface area (Å²) in [5, 5.41) is 12.1. The third-order valence-electron chi connectivity index (χ3n) is 2.37. The van der Waals surface area contributed by atoms with Gasteiger partial charge in [-0.25, -0.2) is 4.79 Å². The smallest absolute Gasteiger partial charge is 0.339 e. The third-order valence-corrected chi connectivity index (χ3v) is 2.37. The Balaban J connectivity index is 2.68. The van der Waals surface area contributed by atoms with Crippen molar-refractivity contribution in [3.63, 3.8) is 0 Å². The van der Waals surface area contributed by atoms with Crippen molar-refractivity contribution in [3.8, 4) is 0 Å². The van der Waals surface area contributed by atoms with Crippen LogP contribution in [0.25, 0.3) is 0 Å². The molecule has 0 aliphatic carbocycles. The first kappa shape index (κ1) is 12.5. The number of unbranched alkanes of at least 4 members (excludes halogenated alkanes) is 2. The van der Waals surface area contributed by atoms with Gasteiger partial charge < -0.3 is 10.4 Å². The summed E-state index contributed by atoms with van der Waals surface area (Å²) >= 11 is 0. The molecule has 0 radical (unpaired) electrons. The Morgan fingerprint density at radius 1 is 1.50 bits per heavy atom. The van der Waals surface area contributed by atoms with Crippen LogP contribution in [0.1, 0.15) is 42.2 Å². The molecule has 4 nitrogen and oxygen atoms in total. The van der Waals surface area contributed by atoms with Gasteiger partial charge >= 0.3 is 5.97 Å². The van der Waals surface area contributed by atoms with Crippen LogP contribution in [0.4, 0.5) is 5.69 Å². The number of anilines is 1. The van der Waals surface area contributed by atoms with Gasteiger partial charge in [-0.2, -0.15) is 0 Å². The molecule has 0 aliphatic heterocycles. The van der Waals surface area contributed by atoms with Crippen LogP contribution in [0.3, 0.4) is 0 Å². The van der Waals surface area contributed by atoms with Crippen molar-refractivity contribution in [2.24, 2.45) is 0 Å². The molecule has 1 aromatic rings. The molecule has 1 aromatic heterocycles. The van der Waals surface area contributed by atoms with E-state index in [1.54, 1.807) is 6.07 Å². The van der Waals surface area contributed by atoms with Crippen LogP contribution < -0.4 is 5.32 Å². The van der Waals surface area contributed by atoms with Gasteiger partial charge in [-0.05, 0) is 19.4 Å². The van der Waals surface area contributed by atoms with Gasteiger partial charge in [0.2, 0.25) is 0 Å². The highest BCUT2D eigenvalue weighted by atomic mass is 16.4. The highest BCUT2D eigenvalue weighted by molar-refractivity contribution is 5.93. The van der Waals surface area contributed by atoms with E-state index in [2.05, 4.69) is 17.2 Å².